The van der Waals surface area contributed by atoms with Crippen LogP contribution in [0, 0.1) is 13.8 Å². The Morgan fingerprint density at radius 1 is 1.08 bits per heavy atom. The van der Waals surface area contributed by atoms with Crippen LogP contribution in [0.4, 0.5) is 10.5 Å². The van der Waals surface area contributed by atoms with Crippen molar-refractivity contribution in [2.75, 3.05) is 19.2 Å². The summed E-state index contributed by atoms with van der Waals surface area (Å²) in [5, 5.41) is 5.24. The highest BCUT2D eigenvalue weighted by molar-refractivity contribution is 5.93. The topological polar surface area (TPSA) is 76.7 Å². The van der Waals surface area contributed by atoms with E-state index in [0.29, 0.717) is 11.3 Å². The minimum Gasteiger partial charge on any atom is -0.473 e. The summed E-state index contributed by atoms with van der Waals surface area (Å²) in [5.41, 5.74) is 3.01. The van der Waals surface area contributed by atoms with Crippen LogP contribution >= 0.6 is 0 Å². The molecule has 0 saturated heterocycles. The molecule has 126 valence electrons. The summed E-state index contributed by atoms with van der Waals surface area (Å²) < 4.78 is 10.2. The lowest BCUT2D eigenvalue weighted by atomic mass is 10.1. The van der Waals surface area contributed by atoms with Crippen molar-refractivity contribution in [3.05, 3.63) is 59.2 Å². The van der Waals surface area contributed by atoms with Crippen LogP contribution in [0.1, 0.15) is 21.5 Å². The molecule has 0 heterocycles. The van der Waals surface area contributed by atoms with E-state index in [2.05, 4.69) is 15.4 Å². The number of hydrogen-bond donors (Lipinski definition) is 2. The minimum atomic E-state index is -0.461. The van der Waals surface area contributed by atoms with Crippen LogP contribution < -0.4 is 15.4 Å². The van der Waals surface area contributed by atoms with Crippen molar-refractivity contribution < 1.29 is 19.1 Å². The molecular weight excluding hydrogens is 308 g/mol. The fraction of sp³-hybridized carbons (Fsp3) is 0.222. The molecule has 2 rings (SSSR count). The first-order valence-corrected chi connectivity index (χ1v) is 7.43. The normalized spacial score (nSPS) is 9.96. The van der Waals surface area contributed by atoms with Gasteiger partial charge in [0, 0.05) is 5.69 Å². The molecule has 24 heavy (non-hydrogen) atoms. The van der Waals surface area contributed by atoms with Crippen LogP contribution in [0.3, 0.4) is 0 Å². The SMILES string of the molecule is COC(=O)c1cccc(NC(=O)NCOc2cccc(C)c2C)c1. The van der Waals surface area contributed by atoms with Gasteiger partial charge in [-0.2, -0.15) is 0 Å². The molecule has 6 nitrogen and oxygen atoms in total. The summed E-state index contributed by atoms with van der Waals surface area (Å²) in [6.45, 7) is 3.99. The van der Waals surface area contributed by atoms with E-state index < -0.39 is 12.0 Å². The number of carbonyl (C=O) groups is 2. The number of aryl methyl sites for hydroxylation is 1. The van der Waals surface area contributed by atoms with Gasteiger partial charge in [-0.15, -0.1) is 0 Å². The summed E-state index contributed by atoms with van der Waals surface area (Å²) in [7, 11) is 1.31. The zero-order valence-electron chi connectivity index (χ0n) is 13.9. The monoisotopic (exact) mass is 328 g/mol. The molecule has 2 N–H and O–H groups in total. The van der Waals surface area contributed by atoms with Gasteiger partial charge in [0.25, 0.3) is 0 Å². The van der Waals surface area contributed by atoms with Crippen molar-refractivity contribution in [3.8, 4) is 5.75 Å². The average molecular weight is 328 g/mol. The van der Waals surface area contributed by atoms with Crippen molar-refractivity contribution in [2.24, 2.45) is 0 Å². The Balaban J connectivity index is 1.87. The largest absolute Gasteiger partial charge is 0.473 e. The third-order valence-electron chi connectivity index (χ3n) is 3.56. The molecule has 0 bridgehead atoms. The van der Waals surface area contributed by atoms with Gasteiger partial charge in [-0.1, -0.05) is 18.2 Å². The molecule has 6 heteroatoms. The molecular formula is C18H20N2O4. The van der Waals surface area contributed by atoms with Crippen LogP contribution in [0.5, 0.6) is 5.75 Å². The Morgan fingerprint density at radius 2 is 1.83 bits per heavy atom. The number of carbonyl (C=O) groups excluding carboxylic acids is 2. The minimum absolute atomic E-state index is 0.0345. The van der Waals surface area contributed by atoms with E-state index >= 15 is 0 Å². The van der Waals surface area contributed by atoms with Crippen molar-refractivity contribution in [1.29, 1.82) is 0 Å². The molecule has 0 aliphatic rings. The number of anilines is 1. The highest BCUT2D eigenvalue weighted by Crippen LogP contribution is 2.20. The van der Waals surface area contributed by atoms with E-state index in [0.717, 1.165) is 16.9 Å². The zero-order valence-corrected chi connectivity index (χ0v) is 13.9. The summed E-state index contributed by atoms with van der Waals surface area (Å²) in [6.07, 6.45) is 0. The molecule has 0 aliphatic carbocycles. The predicted octanol–water partition coefficient (Wildman–Crippen LogP) is 3.25. The Morgan fingerprint density at radius 3 is 2.58 bits per heavy atom. The molecule has 2 aromatic carbocycles. The highest BCUT2D eigenvalue weighted by atomic mass is 16.5. The summed E-state index contributed by atoms with van der Waals surface area (Å²) in [4.78, 5) is 23.4. The standard InChI is InChI=1S/C18H20N2O4/c1-12-6-4-9-16(13(12)2)24-11-19-18(22)20-15-8-5-7-14(10-15)17(21)23-3/h4-10H,11H2,1-3H3,(H2,19,20,22). The molecule has 2 amide bonds. The third-order valence-corrected chi connectivity index (χ3v) is 3.56. The van der Waals surface area contributed by atoms with E-state index in [-0.39, 0.29) is 6.73 Å². The van der Waals surface area contributed by atoms with Crippen molar-refractivity contribution in [1.82, 2.24) is 5.32 Å². The first kappa shape index (κ1) is 17.3. The molecule has 0 saturated carbocycles. The summed E-state index contributed by atoms with van der Waals surface area (Å²) >= 11 is 0. The number of esters is 1. The second-order valence-corrected chi connectivity index (χ2v) is 5.19. The fourth-order valence-corrected chi connectivity index (χ4v) is 2.08. The summed E-state index contributed by atoms with van der Waals surface area (Å²) in [5.74, 6) is 0.264. The van der Waals surface area contributed by atoms with Gasteiger partial charge in [-0.05, 0) is 49.2 Å². The number of amides is 2. The van der Waals surface area contributed by atoms with Crippen LogP contribution in [-0.2, 0) is 4.74 Å². The van der Waals surface area contributed by atoms with Gasteiger partial charge in [-0.3, -0.25) is 0 Å². The van der Waals surface area contributed by atoms with E-state index in [1.807, 2.05) is 32.0 Å². The van der Waals surface area contributed by atoms with Crippen molar-refractivity contribution in [2.45, 2.75) is 13.8 Å². The Hall–Kier alpha value is -3.02. The fourth-order valence-electron chi connectivity index (χ4n) is 2.08. The van der Waals surface area contributed by atoms with Crippen LogP contribution in [-0.4, -0.2) is 25.8 Å². The maximum absolute atomic E-state index is 11.9. The Kier molecular flexibility index (Phi) is 5.78. The number of urea groups is 1. The van der Waals surface area contributed by atoms with Gasteiger partial charge in [0.15, 0.2) is 6.73 Å². The predicted molar refractivity (Wildman–Crippen MR) is 91.3 cm³/mol. The van der Waals surface area contributed by atoms with Crippen molar-refractivity contribution >= 4 is 17.7 Å². The van der Waals surface area contributed by atoms with E-state index in [4.69, 9.17) is 4.74 Å². The quantitative estimate of drug-likeness (QED) is 0.652. The summed E-state index contributed by atoms with van der Waals surface area (Å²) in [6, 6.07) is 11.8. The lowest BCUT2D eigenvalue weighted by Crippen LogP contribution is -2.32. The van der Waals surface area contributed by atoms with Crippen LogP contribution in [0.2, 0.25) is 0 Å². The molecule has 0 unspecified atom stereocenters. The molecule has 0 aromatic heterocycles. The highest BCUT2D eigenvalue weighted by Gasteiger charge is 2.08. The number of methoxy groups -OCH3 is 1. The molecule has 0 aliphatic heterocycles. The number of hydrogen-bond acceptors (Lipinski definition) is 4. The second kappa shape index (κ2) is 8.01. The Bertz CT molecular complexity index is 744. The van der Waals surface area contributed by atoms with Gasteiger partial charge in [0.1, 0.15) is 5.75 Å². The van der Waals surface area contributed by atoms with E-state index in [1.165, 1.54) is 13.2 Å². The molecule has 0 fully saturated rings. The smallest absolute Gasteiger partial charge is 0.337 e. The van der Waals surface area contributed by atoms with Crippen molar-refractivity contribution in [3.63, 3.8) is 0 Å². The average Bonchev–Trinajstić information content (AvgIpc) is 2.58. The number of benzene rings is 2. The maximum atomic E-state index is 11.9. The first-order chi connectivity index (χ1) is 11.5. The second-order valence-electron chi connectivity index (χ2n) is 5.19. The molecule has 0 atom stereocenters. The number of nitrogens with one attached hydrogen (secondary N) is 2. The lowest BCUT2D eigenvalue weighted by molar-refractivity contribution is 0.0600. The molecule has 2 aromatic rings. The van der Waals surface area contributed by atoms with Crippen LogP contribution in [0.15, 0.2) is 42.5 Å². The maximum Gasteiger partial charge on any atom is 0.337 e. The lowest BCUT2D eigenvalue weighted by Gasteiger charge is -2.12. The third kappa shape index (κ3) is 4.49. The molecule has 0 spiro atoms. The number of ether oxygens (including phenoxy) is 2. The first-order valence-electron chi connectivity index (χ1n) is 7.43. The van der Waals surface area contributed by atoms with Gasteiger partial charge >= 0.3 is 12.0 Å². The molecule has 0 radical (unpaired) electrons. The Labute approximate surface area is 140 Å². The van der Waals surface area contributed by atoms with E-state index in [1.54, 1.807) is 18.2 Å². The van der Waals surface area contributed by atoms with Gasteiger partial charge < -0.3 is 20.1 Å². The van der Waals surface area contributed by atoms with E-state index in [9.17, 15) is 9.59 Å². The number of rotatable bonds is 5. The van der Waals surface area contributed by atoms with Gasteiger partial charge in [-0.25, -0.2) is 9.59 Å². The van der Waals surface area contributed by atoms with Gasteiger partial charge in [0.2, 0.25) is 0 Å². The van der Waals surface area contributed by atoms with Crippen LogP contribution in [0.25, 0.3) is 0 Å². The zero-order chi connectivity index (χ0) is 17.5. The van der Waals surface area contributed by atoms with Gasteiger partial charge in [0.05, 0.1) is 12.7 Å².